The van der Waals surface area contributed by atoms with Crippen molar-refractivity contribution >= 4 is 18.0 Å². The minimum Gasteiger partial charge on any atom is -0.461 e. The highest BCUT2D eigenvalue weighted by Gasteiger charge is 2.64. The van der Waals surface area contributed by atoms with Gasteiger partial charge in [-0.05, 0) is 57.1 Å². The molecule has 0 radical (unpaired) electrons. The van der Waals surface area contributed by atoms with Gasteiger partial charge in [-0.3, -0.25) is 9.37 Å². The van der Waals surface area contributed by atoms with Crippen molar-refractivity contribution in [2.24, 2.45) is 5.92 Å². The van der Waals surface area contributed by atoms with Gasteiger partial charge in [-0.2, -0.15) is 0 Å². The molecule has 7 heteroatoms. The molecular weight excluding hydrogens is 478 g/mol. The third-order valence-electron chi connectivity index (χ3n) is 9.03. The zero-order chi connectivity index (χ0) is 26.2. The topological polar surface area (TPSA) is 71.8 Å². The van der Waals surface area contributed by atoms with Crippen LogP contribution in [-0.2, 0) is 19.0 Å². The molecule has 2 N–H and O–H groups in total. The standard InChI is InChI=1S/C31H41N3O4/c1-3-25-15-7-8-18-30(38-25)21-24-16-17-26-27(28(35)36-20-10-14-23-12-5-4-6-13-23)31(19-9-11-22(2)37-31)33-29(32-30)34(24)26/h4-7,10,12-15,22,24-27H,3,8-9,11,16-21H2,1-2H3,(H,32,33)/p+1/b14-10+/t22-,24+,25+,26-,27-,30+,31-/m1/s1. The molecule has 2 saturated heterocycles. The minimum atomic E-state index is -0.776. The summed E-state index contributed by atoms with van der Waals surface area (Å²) in [6.07, 6.45) is 17.2. The Labute approximate surface area is 226 Å². The average molecular weight is 521 g/mol. The van der Waals surface area contributed by atoms with Crippen LogP contribution < -0.4 is 10.6 Å². The Morgan fingerprint density at radius 1 is 1.16 bits per heavy atom. The zero-order valence-electron chi connectivity index (χ0n) is 22.7. The normalized spacial score (nSPS) is 38.1. The number of esters is 1. The number of carbonyl (C=O) groups is 1. The molecule has 1 aromatic carbocycles. The third-order valence-corrected chi connectivity index (χ3v) is 9.03. The number of carbonyl (C=O) groups excluding carboxylic acids is 1. The van der Waals surface area contributed by atoms with Crippen LogP contribution in [0.2, 0.25) is 0 Å². The summed E-state index contributed by atoms with van der Waals surface area (Å²) in [5, 5.41) is 7.58. The molecule has 2 spiro atoms. The van der Waals surface area contributed by atoms with Gasteiger partial charge >= 0.3 is 11.9 Å². The third kappa shape index (κ3) is 4.79. The van der Waals surface area contributed by atoms with E-state index in [2.05, 4.69) is 41.2 Å². The molecular formula is C31H42N3O4+. The van der Waals surface area contributed by atoms with E-state index in [-0.39, 0.29) is 36.7 Å². The van der Waals surface area contributed by atoms with E-state index in [0.717, 1.165) is 69.3 Å². The number of nitrogens with one attached hydrogen (secondary N) is 2. The predicted molar refractivity (Wildman–Crippen MR) is 146 cm³/mol. The van der Waals surface area contributed by atoms with Crippen molar-refractivity contribution in [3.8, 4) is 0 Å². The second-order valence-corrected chi connectivity index (χ2v) is 11.7. The summed E-state index contributed by atoms with van der Waals surface area (Å²) in [4.78, 5) is 13.8. The second-order valence-electron chi connectivity index (χ2n) is 11.7. The van der Waals surface area contributed by atoms with E-state index in [4.69, 9.17) is 14.2 Å². The predicted octanol–water partition coefficient (Wildman–Crippen LogP) is 4.48. The lowest BCUT2D eigenvalue weighted by molar-refractivity contribution is -0.609. The number of hydrogen-bond acceptors (Lipinski definition) is 6. The van der Waals surface area contributed by atoms with Gasteiger partial charge in [0.2, 0.25) is 5.72 Å². The molecule has 0 unspecified atom stereocenters. The average Bonchev–Trinajstić information content (AvgIpc) is 3.21. The van der Waals surface area contributed by atoms with Crippen molar-refractivity contribution in [2.45, 2.75) is 107 Å². The van der Waals surface area contributed by atoms with Crippen molar-refractivity contribution < 1.29 is 23.6 Å². The number of ether oxygens (including phenoxy) is 3. The van der Waals surface area contributed by atoms with Crippen LogP contribution in [0.4, 0.5) is 0 Å². The minimum absolute atomic E-state index is 0.0443. The van der Waals surface area contributed by atoms with Crippen molar-refractivity contribution in [2.75, 3.05) is 6.61 Å². The first-order valence-corrected chi connectivity index (χ1v) is 14.6. The number of hydrogen-bond donors (Lipinski definition) is 2. The van der Waals surface area contributed by atoms with Crippen LogP contribution in [0.15, 0.2) is 48.6 Å². The van der Waals surface area contributed by atoms with Gasteiger partial charge in [0.25, 0.3) is 0 Å². The molecule has 0 amide bonds. The maximum Gasteiger partial charge on any atom is 0.350 e. The lowest BCUT2D eigenvalue weighted by Gasteiger charge is -2.50. The highest BCUT2D eigenvalue weighted by atomic mass is 16.6. The lowest BCUT2D eigenvalue weighted by atomic mass is 9.80. The Balaban J connectivity index is 1.27. The van der Waals surface area contributed by atoms with E-state index in [1.165, 1.54) is 0 Å². The van der Waals surface area contributed by atoms with Crippen molar-refractivity contribution in [3.05, 3.63) is 54.1 Å². The van der Waals surface area contributed by atoms with Crippen LogP contribution >= 0.6 is 0 Å². The first-order valence-electron chi connectivity index (χ1n) is 14.6. The van der Waals surface area contributed by atoms with Gasteiger partial charge in [0.05, 0.1) is 24.3 Å². The Hall–Kier alpha value is -2.64. The highest BCUT2D eigenvalue weighted by Crippen LogP contribution is 2.45. The Kier molecular flexibility index (Phi) is 7.08. The second kappa shape index (κ2) is 10.5. The SMILES string of the molecule is CC[C@H]1C=CCC[C@@]2(C[C@@H]3CC[C@@H]4[C@H](C(=O)OC/C=C/c5ccccc5)[C@]5(CCC[C@@H](C)O5)NC(=[N+]34)N2)O1. The summed E-state index contributed by atoms with van der Waals surface area (Å²) in [5.41, 5.74) is -0.0853. The first kappa shape index (κ1) is 25.6. The molecule has 0 aliphatic carbocycles. The van der Waals surface area contributed by atoms with Crippen LogP contribution in [-0.4, -0.2) is 58.9 Å². The molecule has 0 saturated carbocycles. The van der Waals surface area contributed by atoms with Crippen molar-refractivity contribution in [1.82, 2.24) is 10.6 Å². The fourth-order valence-corrected chi connectivity index (χ4v) is 7.36. The van der Waals surface area contributed by atoms with E-state index < -0.39 is 11.4 Å². The molecule has 7 atom stereocenters. The van der Waals surface area contributed by atoms with E-state index in [1.807, 2.05) is 42.5 Å². The molecule has 7 nitrogen and oxygen atoms in total. The van der Waals surface area contributed by atoms with Gasteiger partial charge in [-0.15, -0.1) is 0 Å². The fraction of sp³-hybridized carbons (Fsp3) is 0.613. The summed E-state index contributed by atoms with van der Waals surface area (Å²) in [6, 6.07) is 10.5. The molecule has 0 aromatic heterocycles. The monoisotopic (exact) mass is 520 g/mol. The largest absolute Gasteiger partial charge is 0.461 e. The summed E-state index contributed by atoms with van der Waals surface area (Å²) in [5.74, 6) is 0.415. The van der Waals surface area contributed by atoms with Crippen LogP contribution in [0, 0.1) is 5.92 Å². The van der Waals surface area contributed by atoms with Crippen LogP contribution in [0.25, 0.3) is 6.08 Å². The molecule has 2 fully saturated rings. The number of nitrogens with zero attached hydrogens (tertiary/aromatic N) is 1. The Bertz CT molecular complexity index is 1120. The van der Waals surface area contributed by atoms with Crippen molar-refractivity contribution in [1.29, 1.82) is 0 Å². The van der Waals surface area contributed by atoms with Crippen LogP contribution in [0.5, 0.6) is 0 Å². The molecule has 5 aliphatic rings. The quantitative estimate of drug-likeness (QED) is 0.339. The van der Waals surface area contributed by atoms with E-state index >= 15 is 0 Å². The Morgan fingerprint density at radius 2 is 2.03 bits per heavy atom. The molecule has 0 bridgehead atoms. The van der Waals surface area contributed by atoms with Gasteiger partial charge < -0.3 is 14.2 Å². The molecule has 6 rings (SSSR count). The van der Waals surface area contributed by atoms with E-state index in [0.29, 0.717) is 6.04 Å². The highest BCUT2D eigenvalue weighted by molar-refractivity contribution is 5.82. The van der Waals surface area contributed by atoms with E-state index in [9.17, 15) is 4.79 Å². The van der Waals surface area contributed by atoms with Crippen LogP contribution in [0.3, 0.4) is 0 Å². The van der Waals surface area contributed by atoms with Gasteiger partial charge in [0.1, 0.15) is 6.61 Å². The van der Waals surface area contributed by atoms with Crippen molar-refractivity contribution in [3.63, 3.8) is 0 Å². The maximum absolute atomic E-state index is 13.8. The molecule has 1 aromatic rings. The van der Waals surface area contributed by atoms with Gasteiger partial charge in [-0.25, -0.2) is 10.6 Å². The van der Waals surface area contributed by atoms with Gasteiger partial charge in [0, 0.05) is 19.3 Å². The fourth-order valence-electron chi connectivity index (χ4n) is 7.36. The smallest absolute Gasteiger partial charge is 0.350 e. The molecule has 5 aliphatic heterocycles. The molecule has 38 heavy (non-hydrogen) atoms. The summed E-state index contributed by atoms with van der Waals surface area (Å²) >= 11 is 0. The zero-order valence-corrected chi connectivity index (χ0v) is 22.7. The number of benzene rings is 1. The van der Waals surface area contributed by atoms with Gasteiger partial charge in [0.15, 0.2) is 11.6 Å². The summed E-state index contributed by atoms with van der Waals surface area (Å²) in [7, 11) is 0. The van der Waals surface area contributed by atoms with E-state index in [1.54, 1.807) is 0 Å². The maximum atomic E-state index is 13.8. The Morgan fingerprint density at radius 3 is 2.84 bits per heavy atom. The van der Waals surface area contributed by atoms with Crippen LogP contribution in [0.1, 0.15) is 77.2 Å². The number of rotatable bonds is 5. The first-order chi connectivity index (χ1) is 18.5. The lowest BCUT2D eigenvalue weighted by Crippen LogP contribution is -2.76. The molecule has 5 heterocycles. The van der Waals surface area contributed by atoms with Gasteiger partial charge in [-0.1, -0.05) is 55.5 Å². The number of guanidine groups is 1. The molecule has 204 valence electrons. The summed E-state index contributed by atoms with van der Waals surface area (Å²) < 4.78 is 21.8. The summed E-state index contributed by atoms with van der Waals surface area (Å²) in [6.45, 7) is 4.55. The number of allylic oxidation sites excluding steroid dienone is 1.